The van der Waals surface area contributed by atoms with Crippen molar-refractivity contribution in [1.82, 2.24) is 0 Å². The van der Waals surface area contributed by atoms with Gasteiger partial charge in [0.2, 0.25) is 0 Å². The van der Waals surface area contributed by atoms with Crippen LogP contribution in [-0.2, 0) is 0 Å². The summed E-state index contributed by atoms with van der Waals surface area (Å²) in [6.07, 6.45) is 6.82. The van der Waals surface area contributed by atoms with E-state index in [1.165, 1.54) is 15.8 Å². The van der Waals surface area contributed by atoms with Crippen LogP contribution in [0.1, 0.15) is 13.8 Å². The Labute approximate surface area is 82.1 Å². The fraction of sp³-hybridized carbons (Fsp3) is 0.429. The molecule has 1 aliphatic carbocycles. The van der Waals surface area contributed by atoms with Crippen molar-refractivity contribution >= 4 is 39.8 Å². The molecule has 0 N–H and O–H groups in total. The second kappa shape index (κ2) is 3.20. The Kier molecular flexibility index (Phi) is 3.44. The van der Waals surface area contributed by atoms with Crippen molar-refractivity contribution in [2.24, 2.45) is 0 Å². The molecule has 0 bridgehead atoms. The first-order valence-electron chi connectivity index (χ1n) is 2.99. The first-order chi connectivity index (χ1) is 3.60. The molecule has 0 aromatic heterocycles. The van der Waals surface area contributed by atoms with Crippen molar-refractivity contribution < 1.29 is 0 Å². The minimum absolute atomic E-state index is 0. The fourth-order valence-electron chi connectivity index (χ4n) is 1.03. The van der Waals surface area contributed by atoms with Crippen molar-refractivity contribution in [3.63, 3.8) is 0 Å². The maximum atomic E-state index is 2.33. The van der Waals surface area contributed by atoms with Crippen LogP contribution in [0.3, 0.4) is 0 Å². The van der Waals surface area contributed by atoms with Gasteiger partial charge in [0.15, 0.2) is 0 Å². The van der Waals surface area contributed by atoms with Gasteiger partial charge >= 0.3 is 29.6 Å². The van der Waals surface area contributed by atoms with Crippen LogP contribution in [0.15, 0.2) is 23.8 Å². The second-order valence-corrected chi connectivity index (χ2v) is 5.20. The van der Waals surface area contributed by atoms with Crippen molar-refractivity contribution in [3.05, 3.63) is 23.8 Å². The van der Waals surface area contributed by atoms with E-state index >= 15 is 0 Å². The van der Waals surface area contributed by atoms with Gasteiger partial charge < -0.3 is 0 Å². The van der Waals surface area contributed by atoms with Crippen LogP contribution < -0.4 is 0 Å². The second-order valence-electron chi connectivity index (χ2n) is 3.04. The summed E-state index contributed by atoms with van der Waals surface area (Å²) in [5.41, 5.74) is 1.42. The Bertz CT molecular complexity index is 156. The fourth-order valence-corrected chi connectivity index (χ4v) is 1.65. The molecule has 1 rings (SSSR count). The van der Waals surface area contributed by atoms with Gasteiger partial charge in [-0.25, -0.2) is 0 Å². The van der Waals surface area contributed by atoms with E-state index < -0.39 is 0 Å². The van der Waals surface area contributed by atoms with Gasteiger partial charge in [-0.1, -0.05) is 30.7 Å². The van der Waals surface area contributed by atoms with E-state index in [1.807, 2.05) is 0 Å². The van der Waals surface area contributed by atoms with Crippen LogP contribution in [-0.4, -0.2) is 39.8 Å². The Morgan fingerprint density at radius 2 is 2.11 bits per heavy atom. The van der Waals surface area contributed by atoms with Crippen LogP contribution in [0, 0.1) is 0 Å². The Morgan fingerprint density at radius 1 is 1.56 bits per heavy atom. The molecule has 0 fully saturated rings. The topological polar surface area (TPSA) is 0 Å². The summed E-state index contributed by atoms with van der Waals surface area (Å²) < 4.78 is 0. The van der Waals surface area contributed by atoms with E-state index in [1.54, 1.807) is 0 Å². The predicted octanol–water partition coefficient (Wildman–Crippen LogP) is 0.398. The van der Waals surface area contributed by atoms with E-state index in [4.69, 9.17) is 0 Å². The number of allylic oxidation sites excluding steroid dienone is 4. The van der Waals surface area contributed by atoms with Crippen molar-refractivity contribution in [3.8, 4) is 0 Å². The van der Waals surface area contributed by atoms with E-state index in [-0.39, 0.29) is 29.6 Å². The molecule has 0 saturated carbocycles. The summed E-state index contributed by atoms with van der Waals surface area (Å²) in [4.78, 5) is 0. The van der Waals surface area contributed by atoms with Gasteiger partial charge in [0, 0.05) is 10.2 Å². The van der Waals surface area contributed by atoms with Crippen molar-refractivity contribution in [1.29, 1.82) is 0 Å². The summed E-state index contributed by atoms with van der Waals surface area (Å²) >= 11 is 0. The molecule has 1 aliphatic rings. The van der Waals surface area contributed by atoms with Crippen molar-refractivity contribution in [2.45, 2.75) is 18.9 Å². The zero-order valence-corrected chi connectivity index (χ0v) is 7.73. The summed E-state index contributed by atoms with van der Waals surface area (Å²) in [6.45, 7) is 4.42. The number of hydrogen-bond donors (Lipinski definition) is 0. The molecule has 0 aliphatic heterocycles. The molecular weight excluding hydrogens is 135 g/mol. The van der Waals surface area contributed by atoms with Crippen molar-refractivity contribution in [2.75, 3.05) is 0 Å². The average molecular weight is 148 g/mol. The van der Waals surface area contributed by atoms with Gasteiger partial charge in [0.1, 0.15) is 0 Å². The van der Waals surface area contributed by atoms with E-state index in [2.05, 4.69) is 32.1 Å². The van der Waals surface area contributed by atoms with Crippen LogP contribution in [0.4, 0.5) is 0 Å². The molecule has 0 nitrogen and oxygen atoms in total. The minimum atomic E-state index is 0. The first kappa shape index (κ1) is 9.70. The SMILES string of the molecule is CC1=CC(C)([SiH3])C=C1.[NaH]. The molecule has 0 saturated heterocycles. The van der Waals surface area contributed by atoms with Crippen LogP contribution >= 0.6 is 0 Å². The summed E-state index contributed by atoms with van der Waals surface area (Å²) in [6, 6.07) is 0. The quantitative estimate of drug-likeness (QED) is 0.436. The Balaban J connectivity index is 0.000000640. The Hall–Kier alpha value is 0.697. The third kappa shape index (κ3) is 2.85. The maximum absolute atomic E-state index is 2.33. The third-order valence-electron chi connectivity index (χ3n) is 1.38. The van der Waals surface area contributed by atoms with Gasteiger partial charge in [-0.15, -0.1) is 0 Å². The molecule has 46 valence electrons. The molecule has 2 heteroatoms. The molecule has 9 heavy (non-hydrogen) atoms. The summed E-state index contributed by atoms with van der Waals surface area (Å²) in [5.74, 6) is 0. The molecule has 0 radical (unpaired) electrons. The van der Waals surface area contributed by atoms with Gasteiger partial charge in [-0.3, -0.25) is 0 Å². The van der Waals surface area contributed by atoms with Crippen LogP contribution in [0.5, 0.6) is 0 Å². The molecule has 0 spiro atoms. The van der Waals surface area contributed by atoms with E-state index in [9.17, 15) is 0 Å². The first-order valence-corrected chi connectivity index (χ1v) is 3.99. The molecule has 0 aromatic carbocycles. The van der Waals surface area contributed by atoms with Gasteiger partial charge in [0.25, 0.3) is 0 Å². The van der Waals surface area contributed by atoms with E-state index in [0.717, 1.165) is 0 Å². The molecular formula is C7H13NaSi. The normalized spacial score (nSPS) is 32.0. The molecule has 1 atom stereocenters. The Morgan fingerprint density at radius 3 is 2.22 bits per heavy atom. The molecule has 1 unspecified atom stereocenters. The van der Waals surface area contributed by atoms with Gasteiger partial charge in [0.05, 0.1) is 0 Å². The van der Waals surface area contributed by atoms with Crippen LogP contribution in [0.2, 0.25) is 5.04 Å². The zero-order chi connectivity index (χ0) is 6.20. The number of hydrogen-bond acceptors (Lipinski definition) is 0. The van der Waals surface area contributed by atoms with Crippen LogP contribution in [0.25, 0.3) is 0 Å². The zero-order valence-electron chi connectivity index (χ0n) is 5.73. The third-order valence-corrected chi connectivity index (χ3v) is 2.00. The van der Waals surface area contributed by atoms with E-state index in [0.29, 0.717) is 5.04 Å². The number of rotatable bonds is 0. The molecule has 0 aromatic rings. The van der Waals surface area contributed by atoms with Gasteiger partial charge in [-0.2, -0.15) is 0 Å². The molecule has 0 heterocycles. The summed E-state index contributed by atoms with van der Waals surface area (Å²) in [7, 11) is 1.24. The summed E-state index contributed by atoms with van der Waals surface area (Å²) in [5, 5.41) is 0.462. The average Bonchev–Trinajstić information content (AvgIpc) is 1.82. The van der Waals surface area contributed by atoms with Gasteiger partial charge in [-0.05, 0) is 12.0 Å². The predicted molar refractivity (Wildman–Crippen MR) is 48.4 cm³/mol. The monoisotopic (exact) mass is 148 g/mol. The standard InChI is InChI=1S/C7H12Si.Na.H/c1-6-3-4-7(2,8)5-6;;/h3-5H,1-2,8H3;;. The molecule has 0 amide bonds.